The average molecular weight is 283 g/mol. The SMILES string of the molecule is CC1CCCCC1O/N=C(\C(=O)O)c1csc(N)n1. The van der Waals surface area contributed by atoms with Gasteiger partial charge in [0, 0.05) is 5.38 Å². The Morgan fingerprint density at radius 2 is 2.32 bits per heavy atom. The van der Waals surface area contributed by atoms with Gasteiger partial charge in [0.25, 0.3) is 0 Å². The third-order valence-corrected chi connectivity index (χ3v) is 3.95. The van der Waals surface area contributed by atoms with E-state index in [4.69, 9.17) is 15.7 Å². The maximum Gasteiger partial charge on any atom is 0.360 e. The van der Waals surface area contributed by atoms with E-state index in [-0.39, 0.29) is 17.5 Å². The number of nitrogen functional groups attached to an aromatic ring is 1. The Morgan fingerprint density at radius 1 is 1.58 bits per heavy atom. The number of anilines is 1. The Balaban J connectivity index is 2.11. The number of carbonyl (C=O) groups is 1. The number of oxime groups is 1. The molecule has 0 bridgehead atoms. The maximum absolute atomic E-state index is 11.2. The standard InChI is InChI=1S/C12H17N3O3S/c1-7-4-2-3-5-9(7)18-15-10(11(16)17)8-6-19-12(13)14-8/h6-7,9H,2-5H2,1H3,(H2,13,14)(H,16,17)/b15-10-. The summed E-state index contributed by atoms with van der Waals surface area (Å²) in [5, 5.41) is 14.8. The van der Waals surface area contributed by atoms with Gasteiger partial charge in [-0.15, -0.1) is 11.3 Å². The van der Waals surface area contributed by atoms with E-state index >= 15 is 0 Å². The lowest BCUT2D eigenvalue weighted by Gasteiger charge is -2.26. The average Bonchev–Trinajstić information content (AvgIpc) is 2.78. The summed E-state index contributed by atoms with van der Waals surface area (Å²) in [5.41, 5.74) is 5.56. The summed E-state index contributed by atoms with van der Waals surface area (Å²) in [4.78, 5) is 20.5. The molecule has 2 unspecified atom stereocenters. The van der Waals surface area contributed by atoms with Gasteiger partial charge in [0.1, 0.15) is 11.8 Å². The van der Waals surface area contributed by atoms with Gasteiger partial charge in [-0.25, -0.2) is 9.78 Å². The van der Waals surface area contributed by atoms with E-state index < -0.39 is 5.97 Å². The predicted octanol–water partition coefficient (Wildman–Crippen LogP) is 2.11. The van der Waals surface area contributed by atoms with Crippen LogP contribution in [0.15, 0.2) is 10.5 Å². The largest absolute Gasteiger partial charge is 0.476 e. The van der Waals surface area contributed by atoms with Crippen molar-refractivity contribution < 1.29 is 14.7 Å². The van der Waals surface area contributed by atoms with Crippen LogP contribution in [-0.2, 0) is 9.63 Å². The first-order valence-corrected chi connectivity index (χ1v) is 7.14. The fourth-order valence-electron chi connectivity index (χ4n) is 2.15. The second kappa shape index (κ2) is 6.01. The number of nitrogens with two attached hydrogens (primary N) is 1. The van der Waals surface area contributed by atoms with E-state index in [9.17, 15) is 4.79 Å². The maximum atomic E-state index is 11.2. The number of thiazole rings is 1. The van der Waals surface area contributed by atoms with E-state index in [1.54, 1.807) is 5.38 Å². The number of hydrogen-bond donors (Lipinski definition) is 2. The van der Waals surface area contributed by atoms with Crippen LogP contribution in [0, 0.1) is 5.92 Å². The molecule has 1 aliphatic rings. The van der Waals surface area contributed by atoms with Crippen LogP contribution in [0.25, 0.3) is 0 Å². The lowest BCUT2D eigenvalue weighted by molar-refractivity contribution is -0.129. The molecule has 2 rings (SSSR count). The molecule has 3 N–H and O–H groups in total. The highest BCUT2D eigenvalue weighted by Gasteiger charge is 2.24. The fourth-order valence-corrected chi connectivity index (χ4v) is 2.70. The molecule has 104 valence electrons. The molecule has 0 spiro atoms. The van der Waals surface area contributed by atoms with Crippen molar-refractivity contribution >= 4 is 28.1 Å². The molecule has 0 radical (unpaired) electrons. The lowest BCUT2D eigenvalue weighted by atomic mass is 9.88. The fraction of sp³-hybridized carbons (Fsp3) is 0.583. The van der Waals surface area contributed by atoms with Crippen LogP contribution >= 0.6 is 11.3 Å². The summed E-state index contributed by atoms with van der Waals surface area (Å²) in [6.07, 6.45) is 4.28. The van der Waals surface area contributed by atoms with E-state index in [2.05, 4.69) is 17.1 Å². The van der Waals surface area contributed by atoms with Crippen LogP contribution in [0.5, 0.6) is 0 Å². The number of carboxylic acid groups (broad SMARTS) is 1. The summed E-state index contributed by atoms with van der Waals surface area (Å²) in [6, 6.07) is 0. The number of aromatic nitrogens is 1. The number of carboxylic acids is 1. The molecule has 1 aromatic rings. The molecule has 19 heavy (non-hydrogen) atoms. The second-order valence-electron chi connectivity index (χ2n) is 4.72. The number of rotatable bonds is 4. The summed E-state index contributed by atoms with van der Waals surface area (Å²) in [7, 11) is 0. The van der Waals surface area contributed by atoms with Gasteiger partial charge >= 0.3 is 5.97 Å². The highest BCUT2D eigenvalue weighted by molar-refractivity contribution is 7.13. The summed E-state index contributed by atoms with van der Waals surface area (Å²) in [5.74, 6) is -0.762. The smallest absolute Gasteiger partial charge is 0.360 e. The number of nitrogens with zero attached hydrogens (tertiary/aromatic N) is 2. The second-order valence-corrected chi connectivity index (χ2v) is 5.61. The monoisotopic (exact) mass is 283 g/mol. The van der Waals surface area contributed by atoms with Crippen molar-refractivity contribution in [3.63, 3.8) is 0 Å². The summed E-state index contributed by atoms with van der Waals surface area (Å²) >= 11 is 1.18. The Kier molecular flexibility index (Phi) is 4.36. The van der Waals surface area contributed by atoms with Crippen molar-refractivity contribution in [3.8, 4) is 0 Å². The molecule has 1 aliphatic carbocycles. The Bertz CT molecular complexity index is 486. The minimum absolute atomic E-state index is 0.0147. The molecule has 2 atom stereocenters. The van der Waals surface area contributed by atoms with Gasteiger partial charge in [-0.2, -0.15) is 0 Å². The van der Waals surface area contributed by atoms with E-state index in [1.165, 1.54) is 17.8 Å². The molecule has 0 saturated heterocycles. The molecular formula is C12H17N3O3S. The van der Waals surface area contributed by atoms with Crippen LogP contribution in [0.2, 0.25) is 0 Å². The molecule has 6 nitrogen and oxygen atoms in total. The topological polar surface area (TPSA) is 97.8 Å². The normalized spacial score (nSPS) is 24.2. The van der Waals surface area contributed by atoms with Crippen molar-refractivity contribution in [1.82, 2.24) is 4.98 Å². The third-order valence-electron chi connectivity index (χ3n) is 3.28. The molecule has 0 amide bonds. The summed E-state index contributed by atoms with van der Waals surface area (Å²) in [6.45, 7) is 2.10. The first-order valence-electron chi connectivity index (χ1n) is 6.26. The minimum Gasteiger partial charge on any atom is -0.476 e. The van der Waals surface area contributed by atoms with Gasteiger partial charge in [-0.05, 0) is 25.2 Å². The van der Waals surface area contributed by atoms with Gasteiger partial charge in [0.05, 0.1) is 0 Å². The highest BCUT2D eigenvalue weighted by Crippen LogP contribution is 2.26. The Morgan fingerprint density at radius 3 is 2.89 bits per heavy atom. The van der Waals surface area contributed by atoms with Gasteiger partial charge in [-0.1, -0.05) is 18.5 Å². The molecule has 1 fully saturated rings. The molecule has 1 aromatic heterocycles. The number of aliphatic carboxylic acids is 1. The zero-order valence-electron chi connectivity index (χ0n) is 10.7. The van der Waals surface area contributed by atoms with E-state index in [1.807, 2.05) is 0 Å². The Hall–Kier alpha value is -1.63. The highest BCUT2D eigenvalue weighted by atomic mass is 32.1. The molecule has 1 heterocycles. The molecule has 0 aromatic carbocycles. The predicted molar refractivity (Wildman–Crippen MR) is 73.2 cm³/mol. The summed E-state index contributed by atoms with van der Waals surface area (Å²) < 4.78 is 0. The third kappa shape index (κ3) is 3.44. The first kappa shape index (κ1) is 13.8. The van der Waals surface area contributed by atoms with Gasteiger partial charge in [0.2, 0.25) is 5.71 Å². The Labute approximate surface area is 115 Å². The van der Waals surface area contributed by atoms with Crippen LogP contribution in [0.4, 0.5) is 5.13 Å². The van der Waals surface area contributed by atoms with Gasteiger partial charge in [-0.3, -0.25) is 0 Å². The van der Waals surface area contributed by atoms with Crippen molar-refractivity contribution in [2.75, 3.05) is 5.73 Å². The first-order chi connectivity index (χ1) is 9.08. The van der Waals surface area contributed by atoms with Gasteiger partial charge < -0.3 is 15.7 Å². The van der Waals surface area contributed by atoms with Crippen molar-refractivity contribution in [2.45, 2.75) is 38.7 Å². The van der Waals surface area contributed by atoms with Crippen molar-refractivity contribution in [3.05, 3.63) is 11.1 Å². The lowest BCUT2D eigenvalue weighted by Crippen LogP contribution is -2.25. The van der Waals surface area contributed by atoms with Crippen molar-refractivity contribution in [1.29, 1.82) is 0 Å². The van der Waals surface area contributed by atoms with Crippen LogP contribution in [-0.4, -0.2) is 27.9 Å². The van der Waals surface area contributed by atoms with Crippen LogP contribution < -0.4 is 5.73 Å². The van der Waals surface area contributed by atoms with Crippen LogP contribution in [0.1, 0.15) is 38.3 Å². The van der Waals surface area contributed by atoms with Crippen LogP contribution in [0.3, 0.4) is 0 Å². The molecule has 1 saturated carbocycles. The van der Waals surface area contributed by atoms with Crippen molar-refractivity contribution in [2.24, 2.45) is 11.1 Å². The zero-order chi connectivity index (χ0) is 13.8. The zero-order valence-corrected chi connectivity index (χ0v) is 11.5. The number of hydrogen-bond acceptors (Lipinski definition) is 6. The van der Waals surface area contributed by atoms with E-state index in [0.717, 1.165) is 19.3 Å². The molecular weight excluding hydrogens is 266 g/mol. The molecule has 7 heteroatoms. The quantitative estimate of drug-likeness (QED) is 0.651. The van der Waals surface area contributed by atoms with Gasteiger partial charge in [0.15, 0.2) is 5.13 Å². The van der Waals surface area contributed by atoms with E-state index in [0.29, 0.717) is 11.0 Å². The molecule has 0 aliphatic heterocycles. The minimum atomic E-state index is -1.16.